The van der Waals surface area contributed by atoms with Crippen LogP contribution in [0, 0.1) is 0 Å². The third-order valence-electron chi connectivity index (χ3n) is 5.37. The molecule has 1 fully saturated rings. The number of nitrogens with zero attached hydrogens (tertiary/aromatic N) is 2. The summed E-state index contributed by atoms with van der Waals surface area (Å²) in [5, 5.41) is 1.54. The third-order valence-corrected chi connectivity index (χ3v) is 6.58. The number of carbonyl (C=O) groups excluding carboxylic acids is 1. The van der Waals surface area contributed by atoms with Crippen LogP contribution in [0.4, 0.5) is 0 Å². The molecule has 3 aromatic rings. The van der Waals surface area contributed by atoms with Crippen molar-refractivity contribution in [1.29, 1.82) is 0 Å². The maximum absolute atomic E-state index is 13.1. The van der Waals surface area contributed by atoms with Gasteiger partial charge in [-0.3, -0.25) is 4.79 Å². The summed E-state index contributed by atoms with van der Waals surface area (Å²) in [4.78, 5) is 20.5. The van der Waals surface area contributed by atoms with E-state index in [1.165, 1.54) is 0 Å². The number of benzene rings is 2. The summed E-state index contributed by atoms with van der Waals surface area (Å²) in [5.74, 6) is 1.15. The molecule has 176 valence electrons. The number of aromatic nitrogens is 1. The molecule has 0 N–H and O–H groups in total. The summed E-state index contributed by atoms with van der Waals surface area (Å²) in [5.41, 5.74) is 2.42. The lowest BCUT2D eigenvalue weighted by Crippen LogP contribution is -2.39. The monoisotopic (exact) mass is 496 g/mol. The molecule has 0 bridgehead atoms. The Morgan fingerprint density at radius 3 is 2.35 bits per heavy atom. The number of morpholine rings is 1. The molecule has 8 heteroatoms. The fraction of sp³-hybridized carbons (Fsp3) is 0.231. The van der Waals surface area contributed by atoms with E-state index in [-0.39, 0.29) is 5.91 Å². The number of halogens is 1. The Morgan fingerprint density at radius 1 is 1.00 bits per heavy atom. The van der Waals surface area contributed by atoms with Gasteiger partial charge < -0.3 is 19.1 Å². The second-order valence-corrected chi connectivity index (χ2v) is 9.04. The van der Waals surface area contributed by atoms with Gasteiger partial charge in [0.2, 0.25) is 5.91 Å². The van der Waals surface area contributed by atoms with Crippen molar-refractivity contribution >= 4 is 34.8 Å². The van der Waals surface area contributed by atoms with Gasteiger partial charge in [-0.25, -0.2) is 4.98 Å². The molecule has 0 spiro atoms. The van der Waals surface area contributed by atoms with Crippen LogP contribution in [0.1, 0.15) is 11.1 Å². The van der Waals surface area contributed by atoms with E-state index >= 15 is 0 Å². The second kappa shape index (κ2) is 11.4. The summed E-state index contributed by atoms with van der Waals surface area (Å²) in [6, 6.07) is 17.2. The van der Waals surface area contributed by atoms with Crippen LogP contribution in [-0.4, -0.2) is 56.3 Å². The van der Waals surface area contributed by atoms with Crippen molar-refractivity contribution in [2.45, 2.75) is 9.92 Å². The van der Waals surface area contributed by atoms with E-state index < -0.39 is 0 Å². The van der Waals surface area contributed by atoms with Crippen LogP contribution >= 0.6 is 23.4 Å². The first-order valence-electron chi connectivity index (χ1n) is 10.8. The van der Waals surface area contributed by atoms with Crippen LogP contribution in [0.2, 0.25) is 5.02 Å². The Morgan fingerprint density at radius 2 is 1.71 bits per heavy atom. The van der Waals surface area contributed by atoms with E-state index in [2.05, 4.69) is 4.98 Å². The minimum absolute atomic E-state index is 0.0623. The Labute approximate surface area is 208 Å². The molecular weight excluding hydrogens is 472 g/mol. The number of hydrogen-bond acceptors (Lipinski definition) is 6. The summed E-state index contributed by atoms with van der Waals surface area (Å²) in [6.07, 6.45) is 3.45. The van der Waals surface area contributed by atoms with Gasteiger partial charge in [-0.2, -0.15) is 0 Å². The smallest absolute Gasteiger partial charge is 0.247 e. The van der Waals surface area contributed by atoms with Crippen molar-refractivity contribution in [3.05, 3.63) is 83.0 Å². The number of hydrogen-bond donors (Lipinski definition) is 0. The quantitative estimate of drug-likeness (QED) is 0.419. The molecule has 2 heterocycles. The molecule has 4 rings (SSSR count). The molecule has 0 saturated carbocycles. The van der Waals surface area contributed by atoms with E-state index in [4.69, 9.17) is 25.8 Å². The SMILES string of the molecule is COc1ccc(C(=CC(=O)N2CCOCC2)c2ccc(Sc3ccc(Cl)cc3)nc2)cc1OC. The summed E-state index contributed by atoms with van der Waals surface area (Å²) in [7, 11) is 3.19. The van der Waals surface area contributed by atoms with E-state index in [1.807, 2.05) is 54.6 Å². The first kappa shape index (κ1) is 24.1. The van der Waals surface area contributed by atoms with Gasteiger partial charge in [0.05, 0.1) is 27.4 Å². The topological polar surface area (TPSA) is 60.9 Å². The zero-order valence-corrected chi connectivity index (χ0v) is 20.6. The number of rotatable bonds is 7. The van der Waals surface area contributed by atoms with Crippen molar-refractivity contribution in [2.24, 2.45) is 0 Å². The molecule has 0 atom stereocenters. The van der Waals surface area contributed by atoms with Crippen molar-refractivity contribution in [3.8, 4) is 11.5 Å². The van der Waals surface area contributed by atoms with Crippen molar-refractivity contribution in [2.75, 3.05) is 40.5 Å². The fourth-order valence-corrected chi connectivity index (χ4v) is 4.44. The Kier molecular flexibility index (Phi) is 8.11. The molecule has 34 heavy (non-hydrogen) atoms. The molecule has 1 aliphatic heterocycles. The molecular formula is C26H25ClN2O4S. The normalized spacial score (nSPS) is 14.1. The number of pyridine rings is 1. The van der Waals surface area contributed by atoms with Crippen LogP contribution in [0.25, 0.3) is 5.57 Å². The highest BCUT2D eigenvalue weighted by molar-refractivity contribution is 7.99. The Bertz CT molecular complexity index is 1160. The average Bonchev–Trinajstić information content (AvgIpc) is 2.89. The van der Waals surface area contributed by atoms with Crippen LogP contribution in [0.5, 0.6) is 11.5 Å². The average molecular weight is 497 g/mol. The summed E-state index contributed by atoms with van der Waals surface area (Å²) < 4.78 is 16.2. The van der Waals surface area contributed by atoms with Crippen LogP contribution in [0.3, 0.4) is 0 Å². The van der Waals surface area contributed by atoms with Gasteiger partial charge >= 0.3 is 0 Å². The van der Waals surface area contributed by atoms with E-state index in [0.717, 1.165) is 26.6 Å². The van der Waals surface area contributed by atoms with E-state index in [0.29, 0.717) is 42.8 Å². The molecule has 1 aromatic heterocycles. The molecule has 0 unspecified atom stereocenters. The second-order valence-electron chi connectivity index (χ2n) is 7.51. The van der Waals surface area contributed by atoms with Crippen LogP contribution in [0.15, 0.2) is 76.8 Å². The largest absolute Gasteiger partial charge is 0.493 e. The molecule has 0 radical (unpaired) electrons. The standard InChI is InChI=1S/C26H25ClN2O4S/c1-31-23-9-3-18(15-24(23)32-2)22(16-26(30)29-11-13-33-14-12-29)19-4-10-25(28-17-19)34-21-7-5-20(27)6-8-21/h3-10,15-17H,11-14H2,1-2H3. The Hall–Kier alpha value is -3.00. The first-order chi connectivity index (χ1) is 16.6. The maximum Gasteiger partial charge on any atom is 0.247 e. The zero-order valence-electron chi connectivity index (χ0n) is 19.0. The third kappa shape index (κ3) is 5.91. The number of ether oxygens (including phenoxy) is 3. The van der Waals surface area contributed by atoms with Gasteiger partial charge in [0.15, 0.2) is 11.5 Å². The van der Waals surface area contributed by atoms with Gasteiger partial charge in [0.1, 0.15) is 5.03 Å². The highest BCUT2D eigenvalue weighted by atomic mass is 35.5. The van der Waals surface area contributed by atoms with Gasteiger partial charge in [-0.05, 0) is 53.6 Å². The van der Waals surface area contributed by atoms with Crippen molar-refractivity contribution in [3.63, 3.8) is 0 Å². The van der Waals surface area contributed by atoms with E-state index in [9.17, 15) is 4.79 Å². The van der Waals surface area contributed by atoms with Gasteiger partial charge in [0, 0.05) is 40.8 Å². The number of methoxy groups -OCH3 is 2. The molecule has 2 aromatic carbocycles. The van der Waals surface area contributed by atoms with Crippen LogP contribution in [-0.2, 0) is 9.53 Å². The summed E-state index contributed by atoms with van der Waals surface area (Å²) in [6.45, 7) is 2.24. The number of amides is 1. The van der Waals surface area contributed by atoms with Crippen molar-refractivity contribution in [1.82, 2.24) is 9.88 Å². The highest BCUT2D eigenvalue weighted by Crippen LogP contribution is 2.34. The zero-order chi connectivity index (χ0) is 23.9. The maximum atomic E-state index is 13.1. The predicted molar refractivity (Wildman–Crippen MR) is 134 cm³/mol. The lowest BCUT2D eigenvalue weighted by Gasteiger charge is -2.26. The van der Waals surface area contributed by atoms with Gasteiger partial charge in [-0.15, -0.1) is 0 Å². The molecule has 1 saturated heterocycles. The fourth-order valence-electron chi connectivity index (χ4n) is 3.56. The van der Waals surface area contributed by atoms with Gasteiger partial charge in [0.25, 0.3) is 0 Å². The lowest BCUT2D eigenvalue weighted by molar-refractivity contribution is -0.129. The Balaban J connectivity index is 1.66. The molecule has 6 nitrogen and oxygen atoms in total. The van der Waals surface area contributed by atoms with Crippen LogP contribution < -0.4 is 9.47 Å². The minimum Gasteiger partial charge on any atom is -0.493 e. The van der Waals surface area contributed by atoms with Gasteiger partial charge in [-0.1, -0.05) is 35.5 Å². The number of carbonyl (C=O) groups is 1. The molecule has 0 aliphatic carbocycles. The highest BCUT2D eigenvalue weighted by Gasteiger charge is 2.18. The first-order valence-corrected chi connectivity index (χ1v) is 12.0. The van der Waals surface area contributed by atoms with Crippen molar-refractivity contribution < 1.29 is 19.0 Å². The minimum atomic E-state index is -0.0623. The lowest BCUT2D eigenvalue weighted by atomic mass is 9.98. The summed E-state index contributed by atoms with van der Waals surface area (Å²) >= 11 is 7.53. The van der Waals surface area contributed by atoms with E-state index in [1.54, 1.807) is 43.2 Å². The molecule has 1 aliphatic rings. The predicted octanol–water partition coefficient (Wildman–Crippen LogP) is 5.19. The molecule has 1 amide bonds.